The van der Waals surface area contributed by atoms with Gasteiger partial charge < -0.3 is 9.72 Å². The summed E-state index contributed by atoms with van der Waals surface area (Å²) in [4.78, 5) is 34.1. The Balaban J connectivity index is 1.58. The molecule has 0 aliphatic carbocycles. The summed E-state index contributed by atoms with van der Waals surface area (Å²) < 4.78 is 7.21. The number of imidazole rings is 1. The van der Waals surface area contributed by atoms with E-state index < -0.39 is 0 Å². The maximum atomic E-state index is 12.5. The molecule has 0 spiro atoms. The van der Waals surface area contributed by atoms with Crippen molar-refractivity contribution in [3.05, 3.63) is 52.7 Å². The van der Waals surface area contributed by atoms with Crippen molar-refractivity contribution >= 4 is 28.4 Å². The number of nitrogens with zero attached hydrogens (tertiary/aromatic N) is 2. The highest BCUT2D eigenvalue weighted by Crippen LogP contribution is 2.27. The number of rotatable bonds is 4. The number of ether oxygens (including phenoxy) is 1. The first-order chi connectivity index (χ1) is 13.7. The van der Waals surface area contributed by atoms with Gasteiger partial charge in [-0.3, -0.25) is 14.3 Å². The average molecular weight is 376 g/mol. The zero-order valence-corrected chi connectivity index (χ0v) is 15.3. The fraction of sp³-hybridized carbons (Fsp3) is 0.286. The number of hydrogen-bond donors (Lipinski definition) is 2. The number of aldehydes is 1. The first-order valence-electron chi connectivity index (χ1n) is 9.46. The van der Waals surface area contributed by atoms with Crippen molar-refractivity contribution in [3.8, 4) is 11.1 Å². The molecule has 28 heavy (non-hydrogen) atoms. The maximum absolute atomic E-state index is 12.5. The average Bonchev–Trinajstić information content (AvgIpc) is 3.28. The molecule has 0 atom stereocenters. The SMILES string of the molecule is O=Cc1c[nH]c2ccc(-c3cnc4[nH]c(=O)n(CC5CCOCC5)c4c3)cc12. The Labute approximate surface area is 160 Å². The summed E-state index contributed by atoms with van der Waals surface area (Å²) in [5.41, 5.74) is 4.68. The molecule has 0 unspecified atom stereocenters. The molecule has 4 aromatic rings. The minimum atomic E-state index is -0.129. The molecule has 2 N–H and O–H groups in total. The van der Waals surface area contributed by atoms with Gasteiger partial charge in [-0.25, -0.2) is 9.78 Å². The van der Waals surface area contributed by atoms with Crippen LogP contribution in [0.5, 0.6) is 0 Å². The number of aromatic nitrogens is 4. The van der Waals surface area contributed by atoms with Gasteiger partial charge in [0.05, 0.1) is 5.52 Å². The highest BCUT2D eigenvalue weighted by molar-refractivity contribution is 5.99. The van der Waals surface area contributed by atoms with Crippen LogP contribution in [0.15, 0.2) is 41.5 Å². The quantitative estimate of drug-likeness (QED) is 0.535. The number of aromatic amines is 2. The third kappa shape index (κ3) is 2.84. The van der Waals surface area contributed by atoms with Gasteiger partial charge in [0, 0.05) is 54.2 Å². The Bertz CT molecular complexity index is 1230. The second-order valence-electron chi connectivity index (χ2n) is 7.31. The van der Waals surface area contributed by atoms with Crippen molar-refractivity contribution in [3.63, 3.8) is 0 Å². The largest absolute Gasteiger partial charge is 0.381 e. The van der Waals surface area contributed by atoms with Crippen LogP contribution in [0.1, 0.15) is 23.2 Å². The monoisotopic (exact) mass is 376 g/mol. The van der Waals surface area contributed by atoms with Gasteiger partial charge in [-0.2, -0.15) is 0 Å². The zero-order chi connectivity index (χ0) is 19.1. The van der Waals surface area contributed by atoms with Crippen LogP contribution in [0.4, 0.5) is 0 Å². The number of carbonyl (C=O) groups excluding carboxylic acids is 1. The van der Waals surface area contributed by atoms with Crippen LogP contribution in [0.2, 0.25) is 0 Å². The van der Waals surface area contributed by atoms with Crippen molar-refractivity contribution < 1.29 is 9.53 Å². The topological polar surface area (TPSA) is 92.8 Å². The van der Waals surface area contributed by atoms with E-state index in [-0.39, 0.29) is 5.69 Å². The summed E-state index contributed by atoms with van der Waals surface area (Å²) in [5.74, 6) is 0.431. The first kappa shape index (κ1) is 16.9. The van der Waals surface area contributed by atoms with E-state index in [1.807, 2.05) is 24.3 Å². The van der Waals surface area contributed by atoms with Crippen molar-refractivity contribution in [2.24, 2.45) is 5.92 Å². The molecule has 0 amide bonds. The molecule has 1 fully saturated rings. The van der Waals surface area contributed by atoms with E-state index in [0.29, 0.717) is 23.7 Å². The fourth-order valence-corrected chi connectivity index (χ4v) is 3.98. The first-order valence-corrected chi connectivity index (χ1v) is 9.46. The number of carbonyl (C=O) groups is 1. The van der Waals surface area contributed by atoms with Crippen LogP contribution in [-0.2, 0) is 11.3 Å². The Hall–Kier alpha value is -3.19. The molecule has 1 aliphatic rings. The van der Waals surface area contributed by atoms with Gasteiger partial charge in [0.15, 0.2) is 11.9 Å². The predicted octanol–water partition coefficient (Wildman–Crippen LogP) is 3.11. The minimum Gasteiger partial charge on any atom is -0.381 e. The van der Waals surface area contributed by atoms with Gasteiger partial charge in [-0.15, -0.1) is 0 Å². The van der Waals surface area contributed by atoms with Crippen LogP contribution in [0.3, 0.4) is 0 Å². The summed E-state index contributed by atoms with van der Waals surface area (Å²) in [6.07, 6.45) is 6.24. The highest BCUT2D eigenvalue weighted by Gasteiger charge is 2.18. The van der Waals surface area contributed by atoms with Crippen LogP contribution < -0.4 is 5.69 Å². The van der Waals surface area contributed by atoms with Gasteiger partial charge >= 0.3 is 5.69 Å². The second kappa shape index (κ2) is 6.76. The third-order valence-corrected chi connectivity index (χ3v) is 5.58. The van der Waals surface area contributed by atoms with Gasteiger partial charge in [0.1, 0.15) is 0 Å². The van der Waals surface area contributed by atoms with E-state index in [9.17, 15) is 9.59 Å². The van der Waals surface area contributed by atoms with Crippen LogP contribution in [0.25, 0.3) is 33.2 Å². The van der Waals surface area contributed by atoms with Gasteiger partial charge in [0.25, 0.3) is 0 Å². The lowest BCUT2D eigenvalue weighted by molar-refractivity contribution is 0.0613. The lowest BCUT2D eigenvalue weighted by Gasteiger charge is -2.22. The van der Waals surface area contributed by atoms with Gasteiger partial charge in [-0.05, 0) is 42.5 Å². The molecule has 3 aromatic heterocycles. The number of hydrogen-bond acceptors (Lipinski definition) is 4. The van der Waals surface area contributed by atoms with Crippen molar-refractivity contribution in [1.29, 1.82) is 0 Å². The number of benzene rings is 1. The molecule has 1 aliphatic heterocycles. The van der Waals surface area contributed by atoms with Crippen molar-refractivity contribution in [1.82, 2.24) is 19.5 Å². The van der Waals surface area contributed by atoms with E-state index in [4.69, 9.17) is 4.74 Å². The molecule has 1 saturated heterocycles. The summed E-state index contributed by atoms with van der Waals surface area (Å²) in [7, 11) is 0. The second-order valence-corrected chi connectivity index (χ2v) is 7.31. The van der Waals surface area contributed by atoms with Crippen LogP contribution >= 0.6 is 0 Å². The molecule has 4 heterocycles. The summed E-state index contributed by atoms with van der Waals surface area (Å²) in [6, 6.07) is 7.91. The predicted molar refractivity (Wildman–Crippen MR) is 107 cm³/mol. The normalized spacial score (nSPS) is 15.4. The summed E-state index contributed by atoms with van der Waals surface area (Å²) in [6.45, 7) is 2.17. The van der Waals surface area contributed by atoms with E-state index in [1.165, 1.54) is 0 Å². The third-order valence-electron chi connectivity index (χ3n) is 5.58. The molecule has 0 saturated carbocycles. The van der Waals surface area contributed by atoms with E-state index in [2.05, 4.69) is 15.0 Å². The van der Waals surface area contributed by atoms with Crippen LogP contribution in [0, 0.1) is 5.92 Å². The van der Waals surface area contributed by atoms with E-state index >= 15 is 0 Å². The Morgan fingerprint density at radius 1 is 1.21 bits per heavy atom. The van der Waals surface area contributed by atoms with E-state index in [1.54, 1.807) is 17.0 Å². The lowest BCUT2D eigenvalue weighted by atomic mass is 10.0. The van der Waals surface area contributed by atoms with Crippen molar-refractivity contribution in [2.75, 3.05) is 13.2 Å². The molecular formula is C21H20N4O3. The summed E-state index contributed by atoms with van der Waals surface area (Å²) >= 11 is 0. The number of fused-ring (bicyclic) bond motifs is 2. The molecule has 0 radical (unpaired) electrons. The molecule has 1 aromatic carbocycles. The smallest absolute Gasteiger partial charge is 0.327 e. The summed E-state index contributed by atoms with van der Waals surface area (Å²) in [5, 5.41) is 0.876. The molecule has 7 heteroatoms. The molecule has 142 valence electrons. The van der Waals surface area contributed by atoms with Gasteiger partial charge in [-0.1, -0.05) is 6.07 Å². The molecular weight excluding hydrogens is 356 g/mol. The lowest BCUT2D eigenvalue weighted by Crippen LogP contribution is -2.25. The molecule has 7 nitrogen and oxygen atoms in total. The Morgan fingerprint density at radius 3 is 2.89 bits per heavy atom. The van der Waals surface area contributed by atoms with E-state index in [0.717, 1.165) is 59.9 Å². The van der Waals surface area contributed by atoms with Gasteiger partial charge in [0.2, 0.25) is 0 Å². The zero-order valence-electron chi connectivity index (χ0n) is 15.3. The highest BCUT2D eigenvalue weighted by atomic mass is 16.5. The van der Waals surface area contributed by atoms with Crippen LogP contribution in [-0.4, -0.2) is 39.0 Å². The van der Waals surface area contributed by atoms with Crippen molar-refractivity contribution in [2.45, 2.75) is 19.4 Å². The fourth-order valence-electron chi connectivity index (χ4n) is 3.98. The molecule has 5 rings (SSSR count). The standard InChI is InChI=1S/C21H20N4O3/c26-12-16-10-22-18-2-1-14(7-17(16)18)15-8-19-20(23-9-15)24-21(27)25(19)11-13-3-5-28-6-4-13/h1-2,7-10,12-13,22H,3-6,11H2,(H,23,24,27). The Morgan fingerprint density at radius 2 is 2.07 bits per heavy atom. The number of H-pyrrole nitrogens is 2. The molecule has 0 bridgehead atoms. The minimum absolute atomic E-state index is 0.129. The number of nitrogens with one attached hydrogen (secondary N) is 2. The maximum Gasteiger partial charge on any atom is 0.327 e. The number of pyridine rings is 1. The Kier molecular flexibility index (Phi) is 4.09.